The van der Waals surface area contributed by atoms with Crippen LogP contribution in [0.5, 0.6) is 0 Å². The van der Waals surface area contributed by atoms with Gasteiger partial charge in [-0.2, -0.15) is 0 Å². The lowest BCUT2D eigenvalue weighted by atomic mass is 10.1. The molecule has 0 saturated carbocycles. The highest BCUT2D eigenvalue weighted by molar-refractivity contribution is 7.16. The molecule has 0 fully saturated rings. The number of thiazole rings is 1. The molecule has 4 rings (SSSR count). The molecule has 136 valence electrons. The summed E-state index contributed by atoms with van der Waals surface area (Å²) in [6.45, 7) is 6.06. The van der Waals surface area contributed by atoms with Crippen molar-refractivity contribution < 1.29 is 0 Å². The SMILES string of the molecule is Cc1cn(-c2ccc(Nc3nc(-c4ccc(C)c(Cl)c4)c(C)s3)cc2)cn1. The van der Waals surface area contributed by atoms with E-state index in [-0.39, 0.29) is 0 Å². The van der Waals surface area contributed by atoms with Crippen molar-refractivity contribution in [2.24, 2.45) is 0 Å². The average molecular weight is 395 g/mol. The van der Waals surface area contributed by atoms with Gasteiger partial charge in [0.15, 0.2) is 5.13 Å². The van der Waals surface area contributed by atoms with Crippen molar-refractivity contribution in [3.05, 3.63) is 76.1 Å². The molecule has 1 N–H and O–H groups in total. The zero-order valence-corrected chi connectivity index (χ0v) is 16.9. The minimum absolute atomic E-state index is 0.764. The van der Waals surface area contributed by atoms with Gasteiger partial charge in [0.1, 0.15) is 0 Å². The quantitative estimate of drug-likeness (QED) is 0.440. The van der Waals surface area contributed by atoms with Crippen LogP contribution in [0.3, 0.4) is 0 Å². The van der Waals surface area contributed by atoms with Crippen LogP contribution in [0.2, 0.25) is 5.02 Å². The van der Waals surface area contributed by atoms with Gasteiger partial charge in [0.25, 0.3) is 0 Å². The second-order valence-electron chi connectivity index (χ2n) is 6.48. The third-order valence-corrected chi connectivity index (χ3v) is 5.66. The normalized spacial score (nSPS) is 11.0. The molecule has 2 aromatic heterocycles. The highest BCUT2D eigenvalue weighted by Crippen LogP contribution is 2.33. The van der Waals surface area contributed by atoms with Crippen molar-refractivity contribution in [3.8, 4) is 16.9 Å². The first-order valence-corrected chi connectivity index (χ1v) is 9.81. The molecular weight excluding hydrogens is 376 g/mol. The highest BCUT2D eigenvalue weighted by atomic mass is 35.5. The van der Waals surface area contributed by atoms with Gasteiger partial charge in [0.2, 0.25) is 0 Å². The van der Waals surface area contributed by atoms with Crippen molar-refractivity contribution in [2.75, 3.05) is 5.32 Å². The van der Waals surface area contributed by atoms with E-state index in [9.17, 15) is 0 Å². The van der Waals surface area contributed by atoms with E-state index in [0.29, 0.717) is 0 Å². The molecule has 0 bridgehead atoms. The lowest BCUT2D eigenvalue weighted by molar-refractivity contribution is 1.06. The summed E-state index contributed by atoms with van der Waals surface area (Å²) in [4.78, 5) is 10.2. The van der Waals surface area contributed by atoms with Crippen molar-refractivity contribution in [1.29, 1.82) is 0 Å². The fourth-order valence-corrected chi connectivity index (χ4v) is 3.90. The van der Waals surface area contributed by atoms with Gasteiger partial charge in [-0.25, -0.2) is 9.97 Å². The van der Waals surface area contributed by atoms with E-state index in [0.717, 1.165) is 48.9 Å². The maximum absolute atomic E-state index is 6.27. The standard InChI is InChI=1S/C21H19ClN4S/c1-13-4-5-16(10-19(13)22)20-15(3)27-21(25-20)24-17-6-8-18(9-7-17)26-11-14(2)23-12-26/h4-12H,1-3H3,(H,24,25). The molecule has 2 aromatic carbocycles. The van der Waals surface area contributed by atoms with E-state index in [1.807, 2.05) is 55.2 Å². The van der Waals surface area contributed by atoms with Crippen molar-refractivity contribution >= 4 is 33.8 Å². The Kier molecular flexibility index (Phi) is 4.72. The van der Waals surface area contributed by atoms with Crippen molar-refractivity contribution in [1.82, 2.24) is 14.5 Å². The summed E-state index contributed by atoms with van der Waals surface area (Å²) < 4.78 is 2.01. The summed E-state index contributed by atoms with van der Waals surface area (Å²) in [6.07, 6.45) is 3.83. The number of anilines is 2. The second kappa shape index (κ2) is 7.18. The molecule has 0 spiro atoms. The van der Waals surface area contributed by atoms with E-state index in [2.05, 4.69) is 35.4 Å². The van der Waals surface area contributed by atoms with E-state index in [1.165, 1.54) is 0 Å². The molecule has 4 aromatic rings. The Bertz CT molecular complexity index is 1100. The number of nitrogens with one attached hydrogen (secondary N) is 1. The van der Waals surface area contributed by atoms with Gasteiger partial charge < -0.3 is 9.88 Å². The Balaban J connectivity index is 1.55. The van der Waals surface area contributed by atoms with Gasteiger partial charge in [-0.3, -0.25) is 0 Å². The number of aromatic nitrogens is 3. The van der Waals surface area contributed by atoms with Gasteiger partial charge in [-0.05, 0) is 56.7 Å². The molecule has 2 heterocycles. The predicted octanol–water partition coefficient (Wildman–Crippen LogP) is 6.32. The second-order valence-corrected chi connectivity index (χ2v) is 8.09. The van der Waals surface area contributed by atoms with Crippen LogP contribution in [-0.2, 0) is 0 Å². The molecule has 0 aliphatic carbocycles. The van der Waals surface area contributed by atoms with Crippen LogP contribution < -0.4 is 5.32 Å². The molecule has 0 aliphatic rings. The Morgan fingerprint density at radius 1 is 1.04 bits per heavy atom. The average Bonchev–Trinajstić information content (AvgIpc) is 3.24. The molecule has 0 aliphatic heterocycles. The summed E-state index contributed by atoms with van der Waals surface area (Å²) >= 11 is 7.91. The summed E-state index contributed by atoms with van der Waals surface area (Å²) in [5, 5.41) is 5.02. The van der Waals surface area contributed by atoms with Gasteiger partial charge in [0.05, 0.1) is 17.7 Å². The van der Waals surface area contributed by atoms with Gasteiger partial charge in [-0.1, -0.05) is 23.7 Å². The van der Waals surface area contributed by atoms with Gasteiger partial charge in [0, 0.05) is 33.0 Å². The van der Waals surface area contributed by atoms with E-state index < -0.39 is 0 Å². The van der Waals surface area contributed by atoms with Crippen LogP contribution in [0.25, 0.3) is 16.9 Å². The predicted molar refractivity (Wildman–Crippen MR) is 114 cm³/mol. The third kappa shape index (κ3) is 3.75. The smallest absolute Gasteiger partial charge is 0.187 e. The zero-order valence-electron chi connectivity index (χ0n) is 15.3. The number of imidazole rings is 1. The van der Waals surface area contributed by atoms with Crippen LogP contribution in [0, 0.1) is 20.8 Å². The number of aryl methyl sites for hydroxylation is 3. The minimum atomic E-state index is 0.764. The summed E-state index contributed by atoms with van der Waals surface area (Å²) in [5.41, 5.74) is 6.15. The van der Waals surface area contributed by atoms with Crippen LogP contribution in [0.1, 0.15) is 16.1 Å². The monoisotopic (exact) mass is 394 g/mol. The van der Waals surface area contributed by atoms with Crippen LogP contribution >= 0.6 is 22.9 Å². The molecule has 0 unspecified atom stereocenters. The fraction of sp³-hybridized carbons (Fsp3) is 0.143. The third-order valence-electron chi connectivity index (χ3n) is 4.37. The maximum atomic E-state index is 6.27. The zero-order chi connectivity index (χ0) is 19.0. The molecule has 0 saturated heterocycles. The molecular formula is C21H19ClN4S. The molecule has 0 atom stereocenters. The summed E-state index contributed by atoms with van der Waals surface area (Å²) in [6, 6.07) is 14.3. The largest absolute Gasteiger partial charge is 0.332 e. The number of hydrogen-bond donors (Lipinski definition) is 1. The highest BCUT2D eigenvalue weighted by Gasteiger charge is 2.11. The Morgan fingerprint density at radius 3 is 2.48 bits per heavy atom. The van der Waals surface area contributed by atoms with Crippen LogP contribution in [0.4, 0.5) is 10.8 Å². The molecule has 27 heavy (non-hydrogen) atoms. The summed E-state index contributed by atoms with van der Waals surface area (Å²) in [5.74, 6) is 0. The topological polar surface area (TPSA) is 42.7 Å². The van der Waals surface area contributed by atoms with E-state index in [4.69, 9.17) is 16.6 Å². The minimum Gasteiger partial charge on any atom is -0.332 e. The first kappa shape index (κ1) is 17.8. The molecule has 4 nitrogen and oxygen atoms in total. The first-order valence-electron chi connectivity index (χ1n) is 8.61. The lowest BCUT2D eigenvalue weighted by Gasteiger charge is -2.05. The number of hydrogen-bond acceptors (Lipinski definition) is 4. The van der Waals surface area contributed by atoms with Crippen molar-refractivity contribution in [2.45, 2.75) is 20.8 Å². The van der Waals surface area contributed by atoms with Gasteiger partial charge in [-0.15, -0.1) is 11.3 Å². The van der Waals surface area contributed by atoms with Crippen molar-refractivity contribution in [3.63, 3.8) is 0 Å². The van der Waals surface area contributed by atoms with Crippen LogP contribution in [0.15, 0.2) is 55.0 Å². The van der Waals surface area contributed by atoms with E-state index in [1.54, 1.807) is 11.3 Å². The Labute approximate surface area is 167 Å². The van der Waals surface area contributed by atoms with E-state index >= 15 is 0 Å². The summed E-state index contributed by atoms with van der Waals surface area (Å²) in [7, 11) is 0. The number of nitrogens with zero attached hydrogens (tertiary/aromatic N) is 3. The first-order chi connectivity index (χ1) is 13.0. The van der Waals surface area contributed by atoms with Crippen LogP contribution in [-0.4, -0.2) is 14.5 Å². The van der Waals surface area contributed by atoms with Gasteiger partial charge >= 0.3 is 0 Å². The molecule has 0 amide bonds. The molecule has 6 heteroatoms. The number of halogens is 1. The number of benzene rings is 2. The lowest BCUT2D eigenvalue weighted by Crippen LogP contribution is -1.93. The Morgan fingerprint density at radius 2 is 1.81 bits per heavy atom. The number of rotatable bonds is 4. The molecule has 0 radical (unpaired) electrons. The maximum Gasteiger partial charge on any atom is 0.187 e. The Hall–Kier alpha value is -2.63. The fourth-order valence-electron chi connectivity index (χ4n) is 2.86.